The van der Waals surface area contributed by atoms with Crippen molar-refractivity contribution in [2.45, 2.75) is 11.8 Å². The summed E-state index contributed by atoms with van der Waals surface area (Å²) in [7, 11) is 0. The first-order chi connectivity index (χ1) is 11.6. The number of hydrogen-bond donors (Lipinski definition) is 2. The number of nitrogens with one attached hydrogen (secondary N) is 2. The highest BCUT2D eigenvalue weighted by molar-refractivity contribution is 7.97. The molecule has 0 unspecified atom stereocenters. The van der Waals surface area contributed by atoms with Crippen LogP contribution in [0.25, 0.3) is 5.69 Å². The zero-order valence-electron chi connectivity index (χ0n) is 12.9. The molecule has 0 fully saturated rings. The van der Waals surface area contributed by atoms with E-state index >= 15 is 0 Å². The Morgan fingerprint density at radius 1 is 1.17 bits per heavy atom. The third-order valence-electron chi connectivity index (χ3n) is 3.26. The molecule has 1 amide bonds. The van der Waals surface area contributed by atoms with Crippen molar-refractivity contribution in [1.29, 1.82) is 0 Å². The molecule has 1 heterocycles. The van der Waals surface area contributed by atoms with Gasteiger partial charge in [-0.1, -0.05) is 18.2 Å². The zero-order chi connectivity index (χ0) is 16.9. The van der Waals surface area contributed by atoms with Crippen LogP contribution in [0, 0.1) is 12.7 Å². The summed E-state index contributed by atoms with van der Waals surface area (Å²) in [5.74, 6) is -1.15. The second kappa shape index (κ2) is 7.29. The monoisotopic (exact) mass is 342 g/mol. The van der Waals surface area contributed by atoms with Gasteiger partial charge in [-0.15, -0.1) is 0 Å². The molecule has 24 heavy (non-hydrogen) atoms. The van der Waals surface area contributed by atoms with Gasteiger partial charge < -0.3 is 0 Å². The van der Waals surface area contributed by atoms with E-state index < -0.39 is 11.7 Å². The predicted molar refractivity (Wildman–Crippen MR) is 91.2 cm³/mol. The molecule has 1 aromatic heterocycles. The average Bonchev–Trinajstić information content (AvgIpc) is 3.02. The number of hydrazine groups is 1. The number of rotatable bonds is 5. The van der Waals surface area contributed by atoms with Gasteiger partial charge in [-0.2, -0.15) is 9.93 Å². The average molecular weight is 342 g/mol. The van der Waals surface area contributed by atoms with Crippen LogP contribution in [-0.2, 0) is 0 Å². The fourth-order valence-electron chi connectivity index (χ4n) is 2.08. The largest absolute Gasteiger partial charge is 0.277 e. The zero-order valence-corrected chi connectivity index (χ0v) is 13.7. The van der Waals surface area contributed by atoms with Gasteiger partial charge in [-0.25, -0.2) is 9.07 Å². The van der Waals surface area contributed by atoms with E-state index in [0.29, 0.717) is 5.69 Å². The number of carbonyl (C=O) groups excluding carboxylic acids is 1. The Morgan fingerprint density at radius 2 is 1.96 bits per heavy atom. The van der Waals surface area contributed by atoms with Crippen LogP contribution < -0.4 is 10.3 Å². The number of benzene rings is 2. The fourth-order valence-corrected chi connectivity index (χ4v) is 2.63. The molecule has 3 rings (SSSR count). The van der Waals surface area contributed by atoms with Crippen LogP contribution in [0.3, 0.4) is 0 Å². The van der Waals surface area contributed by atoms with Crippen LogP contribution in [0.5, 0.6) is 0 Å². The molecule has 0 aliphatic carbocycles. The Bertz CT molecular complexity index is 851. The van der Waals surface area contributed by atoms with Crippen LogP contribution in [0.2, 0.25) is 0 Å². The lowest BCUT2D eigenvalue weighted by Gasteiger charge is -2.09. The minimum atomic E-state index is -0.591. The molecule has 3 aromatic rings. The lowest BCUT2D eigenvalue weighted by molar-refractivity contribution is 0.0943. The van der Waals surface area contributed by atoms with E-state index in [4.69, 9.17) is 0 Å². The number of halogens is 1. The van der Waals surface area contributed by atoms with Crippen molar-refractivity contribution in [3.63, 3.8) is 0 Å². The molecule has 0 aliphatic rings. The summed E-state index contributed by atoms with van der Waals surface area (Å²) in [6.45, 7) is 1.86. The van der Waals surface area contributed by atoms with Crippen LogP contribution in [0.15, 0.2) is 65.7 Å². The molecule has 2 N–H and O–H groups in total. The Balaban J connectivity index is 1.70. The molecule has 0 radical (unpaired) electrons. The van der Waals surface area contributed by atoms with E-state index in [2.05, 4.69) is 15.4 Å². The Labute approximate surface area is 143 Å². The van der Waals surface area contributed by atoms with E-state index in [0.717, 1.165) is 10.6 Å². The van der Waals surface area contributed by atoms with Crippen molar-refractivity contribution < 1.29 is 9.18 Å². The summed E-state index contributed by atoms with van der Waals surface area (Å²) in [4.78, 5) is 15.8. The fraction of sp³-hybridized carbons (Fsp3) is 0.0588. The molecule has 122 valence electrons. The highest BCUT2D eigenvalue weighted by atomic mass is 32.2. The van der Waals surface area contributed by atoms with E-state index in [9.17, 15) is 9.18 Å². The maximum Gasteiger partial charge on any atom is 0.269 e. The van der Waals surface area contributed by atoms with Gasteiger partial charge in [0.15, 0.2) is 0 Å². The van der Waals surface area contributed by atoms with Crippen molar-refractivity contribution in [2.75, 3.05) is 0 Å². The smallest absolute Gasteiger partial charge is 0.269 e. The van der Waals surface area contributed by atoms with E-state index in [1.807, 2.05) is 43.3 Å². The van der Waals surface area contributed by atoms with Crippen LogP contribution in [-0.4, -0.2) is 15.7 Å². The van der Waals surface area contributed by atoms with Crippen molar-refractivity contribution in [3.05, 3.63) is 77.9 Å². The van der Waals surface area contributed by atoms with E-state index in [1.165, 1.54) is 24.1 Å². The standard InChI is InChI=1S/C17H15FN4OS/c1-12-9-10-22(20-12)13-7-8-16(18)15(11-13)17(23)19-21-24-14-5-3-2-4-6-14/h2-11,21H,1H3,(H,19,23). The number of amides is 1. The van der Waals surface area contributed by atoms with Crippen LogP contribution in [0.4, 0.5) is 4.39 Å². The number of hydrogen-bond acceptors (Lipinski definition) is 4. The third kappa shape index (κ3) is 3.81. The number of nitrogens with zero attached hydrogens (tertiary/aromatic N) is 2. The summed E-state index contributed by atoms with van der Waals surface area (Å²) in [6, 6.07) is 15.6. The summed E-state index contributed by atoms with van der Waals surface area (Å²) in [5, 5.41) is 4.26. The Morgan fingerprint density at radius 3 is 2.67 bits per heavy atom. The molecule has 0 spiro atoms. The van der Waals surface area contributed by atoms with Crippen LogP contribution >= 0.6 is 11.9 Å². The number of aryl methyl sites for hydroxylation is 1. The molecule has 0 saturated heterocycles. The topological polar surface area (TPSA) is 59.0 Å². The first kappa shape index (κ1) is 16.2. The van der Waals surface area contributed by atoms with Gasteiger partial charge in [0.2, 0.25) is 0 Å². The van der Waals surface area contributed by atoms with Crippen molar-refractivity contribution in [1.82, 2.24) is 20.0 Å². The molecule has 0 bridgehead atoms. The first-order valence-electron chi connectivity index (χ1n) is 7.23. The quantitative estimate of drug-likeness (QED) is 0.552. The lowest BCUT2D eigenvalue weighted by Crippen LogP contribution is -2.33. The van der Waals surface area contributed by atoms with Gasteiger partial charge in [-0.05, 0) is 55.3 Å². The number of carbonyl (C=O) groups is 1. The second-order valence-corrected chi connectivity index (χ2v) is 5.92. The van der Waals surface area contributed by atoms with Crippen molar-refractivity contribution >= 4 is 17.9 Å². The molecule has 0 saturated carbocycles. The first-order valence-corrected chi connectivity index (χ1v) is 8.04. The minimum Gasteiger partial charge on any atom is -0.277 e. The van der Waals surface area contributed by atoms with Gasteiger partial charge in [0, 0.05) is 11.1 Å². The minimum absolute atomic E-state index is 0.0539. The lowest BCUT2D eigenvalue weighted by atomic mass is 10.2. The highest BCUT2D eigenvalue weighted by Gasteiger charge is 2.13. The molecule has 5 nitrogen and oxygen atoms in total. The van der Waals surface area contributed by atoms with Gasteiger partial charge in [0.25, 0.3) is 5.91 Å². The Kier molecular flexibility index (Phi) is 4.93. The maximum absolute atomic E-state index is 14.0. The summed E-state index contributed by atoms with van der Waals surface area (Å²) in [5.41, 5.74) is 3.88. The van der Waals surface area contributed by atoms with Crippen molar-refractivity contribution in [3.8, 4) is 5.69 Å². The molecular weight excluding hydrogens is 327 g/mol. The molecular formula is C17H15FN4OS. The van der Waals surface area contributed by atoms with Gasteiger partial charge in [0.1, 0.15) is 5.82 Å². The van der Waals surface area contributed by atoms with Gasteiger partial charge in [-0.3, -0.25) is 10.2 Å². The molecule has 0 atom stereocenters. The van der Waals surface area contributed by atoms with Crippen molar-refractivity contribution in [2.24, 2.45) is 0 Å². The molecule has 2 aromatic carbocycles. The third-order valence-corrected chi connectivity index (χ3v) is 3.97. The normalized spacial score (nSPS) is 10.6. The second-order valence-electron chi connectivity index (χ2n) is 5.04. The molecule has 7 heteroatoms. The Hall–Kier alpha value is -2.64. The predicted octanol–water partition coefficient (Wildman–Crippen LogP) is 3.26. The van der Waals surface area contributed by atoms with Crippen LogP contribution in [0.1, 0.15) is 16.1 Å². The van der Waals surface area contributed by atoms with E-state index in [-0.39, 0.29) is 5.56 Å². The highest BCUT2D eigenvalue weighted by Crippen LogP contribution is 2.15. The summed E-state index contributed by atoms with van der Waals surface area (Å²) >= 11 is 1.23. The summed E-state index contributed by atoms with van der Waals surface area (Å²) in [6.07, 6.45) is 1.76. The van der Waals surface area contributed by atoms with Gasteiger partial charge >= 0.3 is 0 Å². The van der Waals surface area contributed by atoms with Gasteiger partial charge in [0.05, 0.1) is 16.9 Å². The SMILES string of the molecule is Cc1ccn(-c2ccc(F)c(C(=O)NNSc3ccccc3)c2)n1. The van der Waals surface area contributed by atoms with E-state index in [1.54, 1.807) is 16.9 Å². The number of aromatic nitrogens is 2. The maximum atomic E-state index is 14.0. The summed E-state index contributed by atoms with van der Waals surface area (Å²) < 4.78 is 15.6. The molecule has 0 aliphatic heterocycles.